The zero-order valence-electron chi connectivity index (χ0n) is 10.2. The molecule has 1 saturated carbocycles. The van der Waals surface area contributed by atoms with Gasteiger partial charge < -0.3 is 11.1 Å². The molecule has 0 spiro atoms. The van der Waals surface area contributed by atoms with Crippen molar-refractivity contribution < 1.29 is 0 Å². The van der Waals surface area contributed by atoms with Gasteiger partial charge >= 0.3 is 0 Å². The molecule has 0 bridgehead atoms. The quantitative estimate of drug-likeness (QED) is 0.806. The smallest absolute Gasteiger partial charge is 0.122 e. The second kappa shape index (κ2) is 5.00. The number of pyridine rings is 1. The Labute approximate surface area is 108 Å². The molecule has 0 aliphatic heterocycles. The molecule has 3 N–H and O–H groups in total. The zero-order chi connectivity index (χ0) is 12.3. The molecule has 1 aliphatic rings. The third-order valence-electron chi connectivity index (χ3n) is 3.54. The summed E-state index contributed by atoms with van der Waals surface area (Å²) in [6.45, 7) is 3.36. The van der Waals surface area contributed by atoms with Crippen LogP contribution in [0.2, 0.25) is 0 Å². The maximum absolute atomic E-state index is 5.57. The summed E-state index contributed by atoms with van der Waals surface area (Å²) >= 11 is 4.92. The number of aromatic nitrogens is 1. The van der Waals surface area contributed by atoms with Gasteiger partial charge in [-0.15, -0.1) is 0 Å². The van der Waals surface area contributed by atoms with Crippen LogP contribution >= 0.6 is 12.2 Å². The van der Waals surface area contributed by atoms with Crippen molar-refractivity contribution in [3.8, 4) is 0 Å². The van der Waals surface area contributed by atoms with Crippen LogP contribution in [0.15, 0.2) is 18.3 Å². The molecule has 0 aromatic carbocycles. The SMILES string of the molecule is CC1(CNc2ccnc(C(N)=S)c2)CCCC1. The van der Waals surface area contributed by atoms with Crippen LogP contribution in [0.3, 0.4) is 0 Å². The maximum atomic E-state index is 5.57. The van der Waals surface area contributed by atoms with E-state index in [2.05, 4.69) is 17.2 Å². The van der Waals surface area contributed by atoms with Crippen LogP contribution in [-0.2, 0) is 0 Å². The zero-order valence-corrected chi connectivity index (χ0v) is 11.0. The van der Waals surface area contributed by atoms with E-state index in [1.165, 1.54) is 25.7 Å². The Bertz CT molecular complexity index is 411. The number of anilines is 1. The Morgan fingerprint density at radius 3 is 2.88 bits per heavy atom. The van der Waals surface area contributed by atoms with Crippen molar-refractivity contribution in [2.24, 2.45) is 11.1 Å². The number of thiocarbonyl (C=S) groups is 1. The minimum absolute atomic E-state index is 0.348. The van der Waals surface area contributed by atoms with Crippen molar-refractivity contribution in [1.29, 1.82) is 0 Å². The molecule has 0 saturated heterocycles. The Hall–Kier alpha value is -1.16. The molecule has 1 aliphatic carbocycles. The molecule has 0 atom stereocenters. The molecule has 0 unspecified atom stereocenters. The number of rotatable bonds is 4. The Kier molecular flexibility index (Phi) is 3.62. The van der Waals surface area contributed by atoms with Gasteiger partial charge in [0.2, 0.25) is 0 Å². The number of hydrogen-bond acceptors (Lipinski definition) is 3. The van der Waals surface area contributed by atoms with Crippen LogP contribution in [0.4, 0.5) is 5.69 Å². The van der Waals surface area contributed by atoms with Gasteiger partial charge in [-0.25, -0.2) is 0 Å². The van der Waals surface area contributed by atoms with Gasteiger partial charge in [-0.2, -0.15) is 0 Å². The van der Waals surface area contributed by atoms with Gasteiger partial charge in [0.1, 0.15) is 4.99 Å². The van der Waals surface area contributed by atoms with E-state index in [0.717, 1.165) is 12.2 Å². The van der Waals surface area contributed by atoms with Crippen LogP contribution in [0.1, 0.15) is 38.3 Å². The van der Waals surface area contributed by atoms with Crippen LogP contribution in [0.5, 0.6) is 0 Å². The Morgan fingerprint density at radius 2 is 2.24 bits per heavy atom. The lowest BCUT2D eigenvalue weighted by Crippen LogP contribution is -2.23. The van der Waals surface area contributed by atoms with E-state index in [9.17, 15) is 0 Å². The van der Waals surface area contributed by atoms with Crippen LogP contribution in [0.25, 0.3) is 0 Å². The second-order valence-electron chi connectivity index (χ2n) is 5.17. The molecular weight excluding hydrogens is 230 g/mol. The molecule has 2 rings (SSSR count). The highest BCUT2D eigenvalue weighted by molar-refractivity contribution is 7.80. The van der Waals surface area contributed by atoms with Crippen LogP contribution in [0, 0.1) is 5.41 Å². The summed E-state index contributed by atoms with van der Waals surface area (Å²) in [5.74, 6) is 0. The van der Waals surface area contributed by atoms with E-state index in [0.29, 0.717) is 16.1 Å². The maximum Gasteiger partial charge on any atom is 0.122 e. The summed E-state index contributed by atoms with van der Waals surface area (Å²) in [5.41, 5.74) is 7.74. The molecule has 1 aromatic heterocycles. The van der Waals surface area contributed by atoms with E-state index in [-0.39, 0.29) is 0 Å². The molecule has 17 heavy (non-hydrogen) atoms. The largest absolute Gasteiger partial charge is 0.388 e. The first kappa shape index (κ1) is 12.3. The first-order valence-electron chi connectivity index (χ1n) is 6.09. The molecule has 3 nitrogen and oxygen atoms in total. The molecule has 0 radical (unpaired) electrons. The molecule has 1 fully saturated rings. The fourth-order valence-corrected chi connectivity index (χ4v) is 2.51. The summed E-state index contributed by atoms with van der Waals surface area (Å²) in [6.07, 6.45) is 7.08. The van der Waals surface area contributed by atoms with Gasteiger partial charge in [0, 0.05) is 18.4 Å². The Morgan fingerprint density at radius 1 is 1.53 bits per heavy atom. The van der Waals surface area contributed by atoms with E-state index in [1.54, 1.807) is 6.20 Å². The van der Waals surface area contributed by atoms with E-state index >= 15 is 0 Å². The predicted molar refractivity (Wildman–Crippen MR) is 75.2 cm³/mol. The van der Waals surface area contributed by atoms with Crippen LogP contribution in [-0.4, -0.2) is 16.5 Å². The fraction of sp³-hybridized carbons (Fsp3) is 0.538. The summed E-state index contributed by atoms with van der Waals surface area (Å²) < 4.78 is 0. The summed E-state index contributed by atoms with van der Waals surface area (Å²) in [7, 11) is 0. The summed E-state index contributed by atoms with van der Waals surface area (Å²) in [4.78, 5) is 4.48. The average molecular weight is 249 g/mol. The lowest BCUT2D eigenvalue weighted by Gasteiger charge is -2.24. The highest BCUT2D eigenvalue weighted by atomic mass is 32.1. The summed E-state index contributed by atoms with van der Waals surface area (Å²) in [5, 5.41) is 3.47. The van der Waals surface area contributed by atoms with Crippen molar-refractivity contribution in [3.05, 3.63) is 24.0 Å². The van der Waals surface area contributed by atoms with Gasteiger partial charge in [-0.05, 0) is 30.4 Å². The lowest BCUT2D eigenvalue weighted by atomic mass is 9.89. The monoisotopic (exact) mass is 249 g/mol. The molecule has 1 heterocycles. The van der Waals surface area contributed by atoms with E-state index < -0.39 is 0 Å². The second-order valence-corrected chi connectivity index (χ2v) is 5.61. The molecular formula is C13H19N3S. The highest BCUT2D eigenvalue weighted by Crippen LogP contribution is 2.37. The Balaban J connectivity index is 1.99. The fourth-order valence-electron chi connectivity index (χ4n) is 2.40. The van der Waals surface area contributed by atoms with Crippen molar-refractivity contribution in [2.75, 3.05) is 11.9 Å². The predicted octanol–water partition coefficient (Wildman–Crippen LogP) is 2.71. The van der Waals surface area contributed by atoms with Gasteiger partial charge in [-0.1, -0.05) is 32.0 Å². The van der Waals surface area contributed by atoms with Gasteiger partial charge in [0.05, 0.1) is 5.69 Å². The first-order chi connectivity index (χ1) is 8.09. The average Bonchev–Trinajstić information content (AvgIpc) is 2.75. The minimum Gasteiger partial charge on any atom is -0.388 e. The van der Waals surface area contributed by atoms with Crippen molar-refractivity contribution in [1.82, 2.24) is 4.98 Å². The highest BCUT2D eigenvalue weighted by Gasteiger charge is 2.28. The van der Waals surface area contributed by atoms with Gasteiger partial charge in [0.25, 0.3) is 0 Å². The normalized spacial score (nSPS) is 17.9. The van der Waals surface area contributed by atoms with E-state index in [4.69, 9.17) is 18.0 Å². The molecule has 4 heteroatoms. The van der Waals surface area contributed by atoms with Crippen molar-refractivity contribution in [3.63, 3.8) is 0 Å². The van der Waals surface area contributed by atoms with Gasteiger partial charge in [0.15, 0.2) is 0 Å². The third kappa shape index (κ3) is 3.16. The van der Waals surface area contributed by atoms with Gasteiger partial charge in [-0.3, -0.25) is 4.98 Å². The third-order valence-corrected chi connectivity index (χ3v) is 3.75. The van der Waals surface area contributed by atoms with Crippen LogP contribution < -0.4 is 11.1 Å². The lowest BCUT2D eigenvalue weighted by molar-refractivity contribution is 0.362. The number of hydrogen-bond donors (Lipinski definition) is 2. The van der Waals surface area contributed by atoms with Crippen molar-refractivity contribution in [2.45, 2.75) is 32.6 Å². The molecule has 92 valence electrons. The standard InChI is InChI=1S/C13H19N3S/c1-13(5-2-3-6-13)9-16-10-4-7-15-11(8-10)12(14)17/h4,7-8H,2-3,5-6,9H2,1H3,(H2,14,17)(H,15,16). The molecule has 1 aromatic rings. The minimum atomic E-state index is 0.348. The molecule has 0 amide bonds. The number of nitrogens with two attached hydrogens (primary N) is 1. The van der Waals surface area contributed by atoms with Crippen molar-refractivity contribution >= 4 is 22.9 Å². The number of nitrogens with zero attached hydrogens (tertiary/aromatic N) is 1. The first-order valence-corrected chi connectivity index (χ1v) is 6.50. The topological polar surface area (TPSA) is 50.9 Å². The van der Waals surface area contributed by atoms with E-state index in [1.807, 2.05) is 12.1 Å². The summed E-state index contributed by atoms with van der Waals surface area (Å²) in [6, 6.07) is 3.88. The number of nitrogens with one attached hydrogen (secondary N) is 1.